The van der Waals surface area contributed by atoms with Crippen molar-refractivity contribution in [3.63, 3.8) is 0 Å². The van der Waals surface area contributed by atoms with Crippen molar-refractivity contribution in [2.45, 2.75) is 31.1 Å². The third-order valence-corrected chi connectivity index (χ3v) is 12.3. The minimum atomic E-state index is 0.220. The summed E-state index contributed by atoms with van der Waals surface area (Å²) in [6, 6.07) is 49.8. The first-order chi connectivity index (χ1) is 25.8. The molecule has 3 heterocycles. The molecule has 2 atom stereocenters. The summed E-state index contributed by atoms with van der Waals surface area (Å²) in [5.41, 5.74) is 18.8. The highest BCUT2D eigenvalue weighted by molar-refractivity contribution is 6.26. The Morgan fingerprint density at radius 2 is 1.33 bits per heavy atom. The first-order valence-corrected chi connectivity index (χ1v) is 18.5. The molecular formula is C49H33N3. The molecule has 0 amide bonds. The molecule has 3 aliphatic carbocycles. The van der Waals surface area contributed by atoms with Crippen LogP contribution in [0.15, 0.2) is 152 Å². The van der Waals surface area contributed by atoms with E-state index in [-0.39, 0.29) is 5.92 Å². The molecule has 3 heteroatoms. The Bertz CT molecular complexity index is 2950. The second-order valence-corrected chi connectivity index (χ2v) is 14.8. The van der Waals surface area contributed by atoms with Crippen LogP contribution in [0.3, 0.4) is 0 Å². The molecule has 2 bridgehead atoms. The topological polar surface area (TPSA) is 30.7 Å². The van der Waals surface area contributed by atoms with Crippen molar-refractivity contribution in [2.24, 2.45) is 0 Å². The second kappa shape index (κ2) is 10.6. The average molecular weight is 664 g/mol. The van der Waals surface area contributed by atoms with Gasteiger partial charge in [0.25, 0.3) is 0 Å². The maximum absolute atomic E-state index is 5.34. The summed E-state index contributed by atoms with van der Waals surface area (Å²) in [7, 11) is 0. The quantitative estimate of drug-likeness (QED) is 0.184. The van der Waals surface area contributed by atoms with E-state index in [2.05, 4.69) is 155 Å². The van der Waals surface area contributed by atoms with Crippen molar-refractivity contribution >= 4 is 32.6 Å². The molecule has 52 heavy (non-hydrogen) atoms. The van der Waals surface area contributed by atoms with Gasteiger partial charge in [-0.3, -0.25) is 9.55 Å². The molecule has 0 saturated heterocycles. The molecule has 0 aliphatic heterocycles. The molecule has 244 valence electrons. The van der Waals surface area contributed by atoms with Crippen molar-refractivity contribution in [3.8, 4) is 39.2 Å². The number of pyridine rings is 2. The number of hydrogen-bond donors (Lipinski definition) is 0. The van der Waals surface area contributed by atoms with Crippen molar-refractivity contribution in [3.05, 3.63) is 185 Å². The van der Waals surface area contributed by atoms with Crippen LogP contribution in [-0.4, -0.2) is 14.5 Å². The van der Waals surface area contributed by atoms with Gasteiger partial charge in [0.2, 0.25) is 0 Å². The third-order valence-electron chi connectivity index (χ3n) is 12.3. The van der Waals surface area contributed by atoms with E-state index in [4.69, 9.17) is 4.98 Å². The van der Waals surface area contributed by atoms with Gasteiger partial charge in [0, 0.05) is 41.2 Å². The van der Waals surface area contributed by atoms with E-state index >= 15 is 0 Å². The first-order valence-electron chi connectivity index (χ1n) is 18.5. The Hall–Kier alpha value is -6.32. The number of aryl methyl sites for hydroxylation is 1. The summed E-state index contributed by atoms with van der Waals surface area (Å²) in [5.74, 6) is 1.54. The molecule has 3 aromatic heterocycles. The van der Waals surface area contributed by atoms with E-state index in [0.29, 0.717) is 5.92 Å². The van der Waals surface area contributed by atoms with Crippen LogP contribution in [0.4, 0.5) is 0 Å². The summed E-state index contributed by atoms with van der Waals surface area (Å²) >= 11 is 0. The van der Waals surface area contributed by atoms with Crippen molar-refractivity contribution in [1.82, 2.24) is 14.5 Å². The Morgan fingerprint density at radius 1 is 0.558 bits per heavy atom. The van der Waals surface area contributed by atoms with Crippen LogP contribution in [0.25, 0.3) is 71.8 Å². The second-order valence-electron chi connectivity index (χ2n) is 14.8. The van der Waals surface area contributed by atoms with Gasteiger partial charge in [0.15, 0.2) is 0 Å². The van der Waals surface area contributed by atoms with Crippen LogP contribution >= 0.6 is 0 Å². The molecule has 0 fully saturated rings. The van der Waals surface area contributed by atoms with Crippen LogP contribution < -0.4 is 0 Å². The summed E-state index contributed by atoms with van der Waals surface area (Å²) in [5, 5.41) is 5.19. The summed E-state index contributed by atoms with van der Waals surface area (Å²) in [4.78, 5) is 9.94. The predicted octanol–water partition coefficient (Wildman–Crippen LogP) is 11.8. The number of rotatable bonds is 2. The molecule has 0 spiro atoms. The standard InChI is InChI=1S/C49H33N3/c1-3-11-32-29(9-1)17-20-33(43-28-50-24-23-38(32)43)31-19-22-46(51-27-31)52-44-21-18-30-10-2-4-12-34(30)48(44)49-45(52)26-41-36-14-6-5-13-35(36)40-25-42(41)47(49)39-16-8-7-15-37(39)40/h1-16,18-19,21-24,26-28,33,40H,17,20,25H2. The molecule has 0 saturated carbocycles. The van der Waals surface area contributed by atoms with E-state index in [1.165, 1.54) is 99.3 Å². The number of benzene rings is 6. The van der Waals surface area contributed by atoms with Gasteiger partial charge in [-0.15, -0.1) is 0 Å². The minimum Gasteiger partial charge on any atom is -0.294 e. The van der Waals surface area contributed by atoms with Crippen molar-refractivity contribution in [1.29, 1.82) is 0 Å². The summed E-state index contributed by atoms with van der Waals surface area (Å²) in [6.45, 7) is 0. The van der Waals surface area contributed by atoms with E-state index in [0.717, 1.165) is 25.1 Å². The summed E-state index contributed by atoms with van der Waals surface area (Å²) < 4.78 is 2.43. The van der Waals surface area contributed by atoms with Gasteiger partial charge in [-0.1, -0.05) is 109 Å². The van der Waals surface area contributed by atoms with Crippen LogP contribution in [0.2, 0.25) is 0 Å². The monoisotopic (exact) mass is 663 g/mol. The minimum absolute atomic E-state index is 0.220. The molecule has 2 unspecified atom stereocenters. The number of aromatic nitrogens is 3. The zero-order valence-electron chi connectivity index (χ0n) is 28.6. The Kier molecular flexibility index (Phi) is 5.79. The lowest BCUT2D eigenvalue weighted by Gasteiger charge is -2.36. The lowest BCUT2D eigenvalue weighted by molar-refractivity contribution is 0.719. The smallest absolute Gasteiger partial charge is 0.137 e. The highest BCUT2D eigenvalue weighted by Gasteiger charge is 2.36. The number of fused-ring (bicyclic) bond motifs is 16. The van der Waals surface area contributed by atoms with Gasteiger partial charge in [0.1, 0.15) is 5.82 Å². The first kappa shape index (κ1) is 28.4. The van der Waals surface area contributed by atoms with Gasteiger partial charge < -0.3 is 0 Å². The van der Waals surface area contributed by atoms with Gasteiger partial charge in [-0.05, 0) is 121 Å². The molecule has 6 aromatic carbocycles. The lowest BCUT2D eigenvalue weighted by Crippen LogP contribution is -2.19. The highest BCUT2D eigenvalue weighted by atomic mass is 15.1. The lowest BCUT2D eigenvalue weighted by atomic mass is 9.67. The van der Waals surface area contributed by atoms with E-state index in [1.54, 1.807) is 0 Å². The van der Waals surface area contributed by atoms with Gasteiger partial charge >= 0.3 is 0 Å². The van der Waals surface area contributed by atoms with E-state index in [9.17, 15) is 0 Å². The van der Waals surface area contributed by atoms with Crippen molar-refractivity contribution in [2.75, 3.05) is 0 Å². The van der Waals surface area contributed by atoms with Crippen LogP contribution in [0, 0.1) is 0 Å². The average Bonchev–Trinajstić information content (AvgIpc) is 3.45. The van der Waals surface area contributed by atoms with Crippen LogP contribution in [-0.2, 0) is 12.8 Å². The van der Waals surface area contributed by atoms with Crippen molar-refractivity contribution < 1.29 is 0 Å². The number of nitrogens with zero attached hydrogens (tertiary/aromatic N) is 3. The molecule has 12 rings (SSSR count). The molecule has 0 radical (unpaired) electrons. The third kappa shape index (κ3) is 3.80. The largest absolute Gasteiger partial charge is 0.294 e. The zero-order chi connectivity index (χ0) is 33.9. The fourth-order valence-electron chi connectivity index (χ4n) is 10.1. The molecule has 3 aliphatic rings. The fraction of sp³-hybridized carbons (Fsp3) is 0.102. The van der Waals surface area contributed by atoms with Crippen LogP contribution in [0.5, 0.6) is 0 Å². The normalized spacial score (nSPS) is 16.6. The van der Waals surface area contributed by atoms with E-state index < -0.39 is 0 Å². The predicted molar refractivity (Wildman–Crippen MR) is 212 cm³/mol. The molecule has 0 N–H and O–H groups in total. The number of hydrogen-bond acceptors (Lipinski definition) is 2. The Balaban J connectivity index is 1.12. The maximum atomic E-state index is 5.34. The zero-order valence-corrected chi connectivity index (χ0v) is 28.6. The Morgan fingerprint density at radius 3 is 2.21 bits per heavy atom. The highest BCUT2D eigenvalue weighted by Crippen LogP contribution is 2.56. The maximum Gasteiger partial charge on any atom is 0.137 e. The summed E-state index contributed by atoms with van der Waals surface area (Å²) in [6.07, 6.45) is 9.20. The van der Waals surface area contributed by atoms with Gasteiger partial charge in [0.05, 0.1) is 11.0 Å². The Labute approximate surface area is 301 Å². The molecule has 9 aromatic rings. The van der Waals surface area contributed by atoms with Gasteiger partial charge in [-0.25, -0.2) is 4.98 Å². The molecular weight excluding hydrogens is 631 g/mol. The SMILES string of the molecule is c1ccc2c(c1)CCC(c1ccc(-n3c4cc5c6c(c4c4c7ccccc7ccc43)-c3ccccc3C(C6)c3ccccc3-5)nc1)c1cnccc1-2. The van der Waals surface area contributed by atoms with Crippen LogP contribution in [0.1, 0.15) is 51.6 Å². The van der Waals surface area contributed by atoms with Gasteiger partial charge in [-0.2, -0.15) is 0 Å². The van der Waals surface area contributed by atoms with E-state index in [1.807, 2.05) is 6.20 Å². The molecule has 3 nitrogen and oxygen atoms in total. The fourth-order valence-corrected chi connectivity index (χ4v) is 10.1.